The second-order valence-corrected chi connectivity index (χ2v) is 20.8. The molecule has 12 nitrogen and oxygen atoms in total. The van der Waals surface area contributed by atoms with E-state index in [1.54, 1.807) is 52.0 Å². The van der Waals surface area contributed by atoms with Gasteiger partial charge in [0.25, 0.3) is 40.1 Å². The van der Waals surface area contributed by atoms with Crippen LogP contribution in [0.5, 0.6) is 0 Å². The van der Waals surface area contributed by atoms with Crippen molar-refractivity contribution < 1.29 is 33.7 Å². The van der Waals surface area contributed by atoms with Gasteiger partial charge in [-0.3, -0.25) is 0 Å². The van der Waals surface area contributed by atoms with Crippen LogP contribution in [0, 0.1) is 27.7 Å². The van der Waals surface area contributed by atoms with Gasteiger partial charge in [-0.2, -0.15) is 0 Å². The number of hydrogen-bond donors (Lipinski definition) is 0. The lowest BCUT2D eigenvalue weighted by Crippen LogP contribution is -2.65. The number of rotatable bonds is 8. The van der Waals surface area contributed by atoms with E-state index >= 15 is 16.8 Å². The minimum Gasteiger partial charge on any atom is -0.206 e. The lowest BCUT2D eigenvalue weighted by molar-refractivity contribution is -0.0829. The smallest absolute Gasteiger partial charge is 0.206 e. The first-order valence-corrected chi connectivity index (χ1v) is 23.7. The monoisotopic (exact) mass is 816 g/mol. The minimum atomic E-state index is -5.24. The van der Waals surface area contributed by atoms with Crippen molar-refractivity contribution in [1.29, 1.82) is 0 Å². The molecule has 1 aliphatic heterocycles. The molecule has 0 N–H and O–H groups in total. The lowest BCUT2D eigenvalue weighted by Gasteiger charge is -2.43. The first-order chi connectivity index (χ1) is 25.5. The maximum atomic E-state index is 15.3. The van der Waals surface area contributed by atoms with E-state index in [1.807, 2.05) is 0 Å². The quantitative estimate of drug-likeness (QED) is 0.187. The van der Waals surface area contributed by atoms with Crippen molar-refractivity contribution >= 4 is 40.1 Å². The Kier molecular flexibility index (Phi) is 13.2. The van der Waals surface area contributed by atoms with E-state index in [9.17, 15) is 16.8 Å². The van der Waals surface area contributed by atoms with Gasteiger partial charge < -0.3 is 0 Å². The molecule has 1 heterocycles. The molecule has 0 aliphatic carbocycles. The van der Waals surface area contributed by atoms with Crippen molar-refractivity contribution in [3.8, 4) is 0 Å². The maximum absolute atomic E-state index is 15.3. The SMILES string of the molecule is Cc1ccc(S(=O)(=O)N2CCCCCCCCCCN(S(=O)(=O)c3ccc(C)cc3)N(S(=O)(=O)c3ccc(C)cc3)N2S(=O)(=O)c2ccc(C)cc2)cc1. The van der Waals surface area contributed by atoms with E-state index in [1.165, 1.54) is 72.8 Å². The fourth-order valence-electron chi connectivity index (χ4n) is 6.02. The zero-order chi connectivity index (χ0) is 39.3. The highest BCUT2D eigenvalue weighted by molar-refractivity contribution is 7.94. The molecule has 1 saturated heterocycles. The van der Waals surface area contributed by atoms with Gasteiger partial charge in [0.05, 0.1) is 19.6 Å². The Bertz CT molecular complexity index is 2170. The summed E-state index contributed by atoms with van der Waals surface area (Å²) in [6.45, 7) is 6.01. The van der Waals surface area contributed by atoms with Crippen LogP contribution in [-0.2, 0) is 40.1 Å². The number of nitrogens with zero attached hydrogens (tertiary/aromatic N) is 4. The Balaban J connectivity index is 1.92. The van der Waals surface area contributed by atoms with E-state index in [0.717, 1.165) is 36.8 Å². The van der Waals surface area contributed by atoms with Crippen LogP contribution < -0.4 is 0 Å². The molecule has 0 spiro atoms. The molecule has 0 atom stereocenters. The van der Waals surface area contributed by atoms with Crippen LogP contribution in [0.4, 0.5) is 0 Å². The highest BCUT2D eigenvalue weighted by Gasteiger charge is 2.52. The lowest BCUT2D eigenvalue weighted by atomic mass is 10.1. The van der Waals surface area contributed by atoms with Gasteiger partial charge in [-0.15, -0.1) is 8.83 Å². The molecule has 0 amide bonds. The summed E-state index contributed by atoms with van der Waals surface area (Å²) in [4.78, 5) is -1.51. The molecule has 4 aromatic carbocycles. The third-order valence-corrected chi connectivity index (χ3v) is 16.4. The molecule has 0 unspecified atom stereocenters. The highest BCUT2D eigenvalue weighted by Crippen LogP contribution is 2.35. The first kappa shape index (κ1) is 41.7. The Morgan fingerprint density at radius 3 is 0.759 bits per heavy atom. The molecule has 4 aromatic rings. The molecule has 54 heavy (non-hydrogen) atoms. The Morgan fingerprint density at radius 1 is 0.315 bits per heavy atom. The van der Waals surface area contributed by atoms with Gasteiger partial charge in [-0.05, 0) is 98.1 Å². The summed E-state index contributed by atoms with van der Waals surface area (Å²) >= 11 is 0. The van der Waals surface area contributed by atoms with Gasteiger partial charge in [0.2, 0.25) is 0 Å². The molecule has 16 heteroatoms. The number of aryl methyl sites for hydroxylation is 4. The van der Waals surface area contributed by atoms with E-state index < -0.39 is 63.0 Å². The summed E-state index contributed by atoms with van der Waals surface area (Å²) in [6, 6.07) is 22.4. The van der Waals surface area contributed by atoms with Crippen LogP contribution in [0.3, 0.4) is 0 Å². The van der Waals surface area contributed by atoms with E-state index in [2.05, 4.69) is 0 Å². The van der Waals surface area contributed by atoms with Gasteiger partial charge in [0.1, 0.15) is 0 Å². The van der Waals surface area contributed by atoms with E-state index in [0.29, 0.717) is 32.8 Å². The van der Waals surface area contributed by atoms with Crippen molar-refractivity contribution in [1.82, 2.24) is 17.9 Å². The predicted molar refractivity (Wildman–Crippen MR) is 207 cm³/mol. The minimum absolute atomic E-state index is 0.147. The molecule has 0 radical (unpaired) electrons. The fraction of sp³-hybridized carbons (Fsp3) is 0.368. The van der Waals surface area contributed by atoms with Gasteiger partial charge in [-0.25, -0.2) is 33.7 Å². The number of hydrazine groups is 3. The summed E-state index contributed by atoms with van der Waals surface area (Å²) in [7, 11) is -20.3. The number of benzene rings is 4. The zero-order valence-electron chi connectivity index (χ0n) is 31.0. The van der Waals surface area contributed by atoms with Crippen molar-refractivity contribution in [3.63, 3.8) is 0 Å². The third kappa shape index (κ3) is 9.13. The number of hydrogen-bond acceptors (Lipinski definition) is 8. The largest absolute Gasteiger partial charge is 0.272 e. The number of sulfonamides is 4. The molecule has 0 saturated carbocycles. The highest BCUT2D eigenvalue weighted by atomic mass is 32.2. The van der Waals surface area contributed by atoms with Crippen LogP contribution in [0.15, 0.2) is 117 Å². The Morgan fingerprint density at radius 2 is 0.519 bits per heavy atom. The summed E-state index contributed by atoms with van der Waals surface area (Å²) in [5, 5.41) is 0. The fourth-order valence-corrected chi connectivity index (χ4v) is 12.9. The molecular weight excluding hydrogens is 769 g/mol. The standard InChI is InChI=1S/C38H48N4O8S4/c1-31-13-21-35(22-14-31)51(43,44)39-29-11-9-7-5-6-8-10-12-30-40(52(45,46)36-23-15-32(2)16-24-36)42(54(49,50)38-27-19-34(4)20-28-38)41(39)53(47,48)37-25-17-33(3)18-26-37/h13-28H,5-12,29-30H2,1-4H3. The predicted octanol–water partition coefficient (Wildman–Crippen LogP) is 6.86. The van der Waals surface area contributed by atoms with Crippen LogP contribution in [0.25, 0.3) is 0 Å². The zero-order valence-corrected chi connectivity index (χ0v) is 34.3. The van der Waals surface area contributed by atoms with Crippen LogP contribution in [0.1, 0.15) is 73.6 Å². The molecule has 1 aliphatic rings. The summed E-state index contributed by atoms with van der Waals surface area (Å²) in [5.74, 6) is 0. The average Bonchev–Trinajstić information content (AvgIpc) is 3.12. The first-order valence-electron chi connectivity index (χ1n) is 17.9. The maximum Gasteiger partial charge on any atom is 0.272 e. The molecule has 5 rings (SSSR count). The second kappa shape index (κ2) is 17.1. The van der Waals surface area contributed by atoms with Gasteiger partial charge >= 0.3 is 0 Å². The summed E-state index contributed by atoms with van der Waals surface area (Å²) in [6.07, 6.45) is 4.47. The van der Waals surface area contributed by atoms with Crippen LogP contribution in [0.2, 0.25) is 0 Å². The van der Waals surface area contributed by atoms with Crippen LogP contribution >= 0.6 is 0 Å². The topological polar surface area (TPSA) is 150 Å². The molecule has 0 aromatic heterocycles. The van der Waals surface area contributed by atoms with Crippen molar-refractivity contribution in [3.05, 3.63) is 119 Å². The molecule has 292 valence electrons. The van der Waals surface area contributed by atoms with E-state index in [4.69, 9.17) is 0 Å². The summed E-state index contributed by atoms with van der Waals surface area (Å²) in [5.41, 5.74) is 2.84. The molecular formula is C38H48N4O8S4. The molecule has 0 bridgehead atoms. The normalized spacial score (nSPS) is 17.6. The second-order valence-electron chi connectivity index (χ2n) is 13.6. The van der Waals surface area contributed by atoms with Gasteiger partial charge in [-0.1, -0.05) is 109 Å². The van der Waals surface area contributed by atoms with Gasteiger partial charge in [0, 0.05) is 13.1 Å². The molecule has 1 fully saturated rings. The average molecular weight is 817 g/mol. The third-order valence-electron chi connectivity index (χ3n) is 9.24. The van der Waals surface area contributed by atoms with Crippen molar-refractivity contribution in [2.24, 2.45) is 0 Å². The van der Waals surface area contributed by atoms with Crippen LogP contribution in [-0.4, -0.2) is 64.6 Å². The Hall–Kier alpha value is -3.48. The summed E-state index contributed by atoms with van der Waals surface area (Å²) < 4.78 is 122. The van der Waals surface area contributed by atoms with Gasteiger partial charge in [0.15, 0.2) is 0 Å². The van der Waals surface area contributed by atoms with Crippen molar-refractivity contribution in [2.45, 2.75) is 98.6 Å². The van der Waals surface area contributed by atoms with E-state index in [-0.39, 0.29) is 31.7 Å². The van der Waals surface area contributed by atoms with Crippen molar-refractivity contribution in [2.75, 3.05) is 13.1 Å². The Labute approximate surface area is 321 Å².